The van der Waals surface area contributed by atoms with Crippen molar-refractivity contribution in [2.24, 2.45) is 5.92 Å². The zero-order valence-electron chi connectivity index (χ0n) is 14.0. The van der Waals surface area contributed by atoms with Crippen LogP contribution in [0.4, 0.5) is 0 Å². The number of carbonyl (C=O) groups excluding carboxylic acids is 2. The van der Waals surface area contributed by atoms with Gasteiger partial charge in [-0.05, 0) is 17.9 Å². The van der Waals surface area contributed by atoms with Crippen LogP contribution in [0.5, 0.6) is 0 Å². The van der Waals surface area contributed by atoms with Crippen molar-refractivity contribution < 1.29 is 14.3 Å². The quantitative estimate of drug-likeness (QED) is 0.745. The van der Waals surface area contributed by atoms with E-state index in [4.69, 9.17) is 4.74 Å². The summed E-state index contributed by atoms with van der Waals surface area (Å²) in [6.45, 7) is 6.38. The van der Waals surface area contributed by atoms with E-state index in [0.717, 1.165) is 12.0 Å². The number of esters is 1. The molecule has 1 aromatic carbocycles. The minimum absolute atomic E-state index is 0.0258. The molecular formula is C18H25NO3S. The molecule has 126 valence electrons. The maximum Gasteiger partial charge on any atom is 0.329 e. The van der Waals surface area contributed by atoms with Gasteiger partial charge in [0.25, 0.3) is 0 Å². The van der Waals surface area contributed by atoms with Crippen LogP contribution >= 0.6 is 11.8 Å². The van der Waals surface area contributed by atoms with Crippen LogP contribution in [0.2, 0.25) is 0 Å². The van der Waals surface area contributed by atoms with E-state index < -0.39 is 6.04 Å². The lowest BCUT2D eigenvalue weighted by molar-refractivity contribution is -0.155. The fraction of sp³-hybridized carbons (Fsp3) is 0.556. The van der Waals surface area contributed by atoms with Gasteiger partial charge in [0.05, 0.1) is 6.61 Å². The van der Waals surface area contributed by atoms with Crippen molar-refractivity contribution >= 4 is 23.6 Å². The first-order valence-corrected chi connectivity index (χ1v) is 9.23. The second-order valence-corrected chi connectivity index (χ2v) is 7.30. The van der Waals surface area contributed by atoms with Gasteiger partial charge in [-0.1, -0.05) is 51.1 Å². The Morgan fingerprint density at radius 3 is 2.61 bits per heavy atom. The SMILES string of the molecule is CCCC(=O)N1[C@@H](C(=O)OCC(C)C)CS[C@@H]1c1ccccc1. The summed E-state index contributed by atoms with van der Waals surface area (Å²) in [5.41, 5.74) is 1.06. The Morgan fingerprint density at radius 1 is 1.30 bits per heavy atom. The highest BCUT2D eigenvalue weighted by Gasteiger charge is 2.42. The van der Waals surface area contributed by atoms with Crippen molar-refractivity contribution in [1.82, 2.24) is 4.90 Å². The molecule has 0 N–H and O–H groups in total. The minimum atomic E-state index is -0.483. The number of ether oxygens (including phenoxy) is 1. The lowest BCUT2D eigenvalue weighted by Gasteiger charge is -2.28. The molecule has 1 aliphatic rings. The normalized spacial score (nSPS) is 20.8. The van der Waals surface area contributed by atoms with Crippen LogP contribution in [0.3, 0.4) is 0 Å². The van der Waals surface area contributed by atoms with Crippen molar-refractivity contribution in [2.45, 2.75) is 45.0 Å². The molecule has 0 aromatic heterocycles. The monoisotopic (exact) mass is 335 g/mol. The number of thioether (sulfide) groups is 1. The van der Waals surface area contributed by atoms with Gasteiger partial charge in [-0.15, -0.1) is 11.8 Å². The van der Waals surface area contributed by atoms with Crippen molar-refractivity contribution in [3.63, 3.8) is 0 Å². The van der Waals surface area contributed by atoms with E-state index in [-0.39, 0.29) is 23.2 Å². The van der Waals surface area contributed by atoms with Crippen LogP contribution in [0.15, 0.2) is 30.3 Å². The minimum Gasteiger partial charge on any atom is -0.464 e. The van der Waals surface area contributed by atoms with Crippen LogP contribution in [-0.2, 0) is 14.3 Å². The van der Waals surface area contributed by atoms with Crippen LogP contribution < -0.4 is 0 Å². The zero-order valence-corrected chi connectivity index (χ0v) is 14.8. The Hall–Kier alpha value is -1.49. The van der Waals surface area contributed by atoms with Crippen LogP contribution in [-0.4, -0.2) is 35.2 Å². The van der Waals surface area contributed by atoms with Gasteiger partial charge in [-0.2, -0.15) is 0 Å². The van der Waals surface area contributed by atoms with Gasteiger partial charge >= 0.3 is 5.97 Å². The summed E-state index contributed by atoms with van der Waals surface area (Å²) in [5, 5.41) is -0.105. The van der Waals surface area contributed by atoms with Gasteiger partial charge in [-0.25, -0.2) is 4.79 Å². The fourth-order valence-electron chi connectivity index (χ4n) is 2.55. The first-order valence-electron chi connectivity index (χ1n) is 8.19. The van der Waals surface area contributed by atoms with Crippen LogP contribution in [0, 0.1) is 5.92 Å². The lowest BCUT2D eigenvalue weighted by Crippen LogP contribution is -2.44. The average molecular weight is 335 g/mol. The van der Waals surface area contributed by atoms with E-state index in [0.29, 0.717) is 18.8 Å². The predicted molar refractivity (Wildman–Crippen MR) is 93.0 cm³/mol. The Bertz CT molecular complexity index is 532. The highest BCUT2D eigenvalue weighted by molar-refractivity contribution is 7.99. The summed E-state index contributed by atoms with van der Waals surface area (Å²) in [5.74, 6) is 0.621. The Balaban J connectivity index is 2.18. The van der Waals surface area contributed by atoms with E-state index in [2.05, 4.69) is 0 Å². The third kappa shape index (κ3) is 4.50. The Morgan fingerprint density at radius 2 is 2.00 bits per heavy atom. The number of nitrogens with zero attached hydrogens (tertiary/aromatic N) is 1. The van der Waals surface area contributed by atoms with Gasteiger partial charge in [0.2, 0.25) is 5.91 Å². The van der Waals surface area contributed by atoms with E-state index in [1.54, 1.807) is 16.7 Å². The second kappa shape index (κ2) is 8.39. The molecule has 1 aliphatic heterocycles. The van der Waals surface area contributed by atoms with E-state index >= 15 is 0 Å². The molecule has 1 heterocycles. The smallest absolute Gasteiger partial charge is 0.329 e. The average Bonchev–Trinajstić information content (AvgIpc) is 2.98. The largest absolute Gasteiger partial charge is 0.464 e. The lowest BCUT2D eigenvalue weighted by atomic mass is 10.1. The first-order chi connectivity index (χ1) is 11.0. The molecule has 0 radical (unpaired) electrons. The second-order valence-electron chi connectivity index (χ2n) is 6.19. The van der Waals surface area contributed by atoms with Gasteiger partial charge < -0.3 is 9.64 Å². The Labute approximate surface area is 142 Å². The highest BCUT2D eigenvalue weighted by Crippen LogP contribution is 2.42. The molecule has 0 unspecified atom stereocenters. The summed E-state index contributed by atoms with van der Waals surface area (Å²) in [4.78, 5) is 26.7. The molecule has 2 atom stereocenters. The zero-order chi connectivity index (χ0) is 16.8. The summed E-state index contributed by atoms with van der Waals surface area (Å²) in [6, 6.07) is 9.40. The van der Waals surface area contributed by atoms with Gasteiger partial charge in [0, 0.05) is 12.2 Å². The predicted octanol–water partition coefficient (Wildman–Crippen LogP) is 3.63. The molecule has 5 heteroatoms. The van der Waals surface area contributed by atoms with Gasteiger partial charge in [0.15, 0.2) is 0 Å². The summed E-state index contributed by atoms with van der Waals surface area (Å²) in [6.07, 6.45) is 1.23. The molecule has 0 aliphatic carbocycles. The number of amides is 1. The van der Waals surface area contributed by atoms with Crippen molar-refractivity contribution in [1.29, 1.82) is 0 Å². The number of carbonyl (C=O) groups is 2. The third-order valence-corrected chi connectivity index (χ3v) is 4.99. The first kappa shape index (κ1) is 17.9. The van der Waals surface area contributed by atoms with Crippen LogP contribution in [0.25, 0.3) is 0 Å². The molecular weight excluding hydrogens is 310 g/mol. The topological polar surface area (TPSA) is 46.6 Å². The molecule has 2 rings (SSSR count). The summed E-state index contributed by atoms with van der Waals surface area (Å²) < 4.78 is 5.38. The van der Waals surface area contributed by atoms with Crippen molar-refractivity contribution in [3.8, 4) is 0 Å². The standard InChI is InChI=1S/C18H25NO3S/c1-4-8-16(20)19-15(18(21)22-11-13(2)3)12-23-17(19)14-9-6-5-7-10-14/h5-7,9-10,13,15,17H,4,8,11-12H2,1-3H3/t15-,17-/m1/s1. The van der Waals surface area contributed by atoms with Crippen molar-refractivity contribution in [3.05, 3.63) is 35.9 Å². The van der Waals surface area contributed by atoms with E-state index in [9.17, 15) is 9.59 Å². The maximum atomic E-state index is 12.6. The summed E-state index contributed by atoms with van der Waals surface area (Å²) >= 11 is 1.63. The van der Waals surface area contributed by atoms with Crippen LogP contribution in [0.1, 0.15) is 44.6 Å². The summed E-state index contributed by atoms with van der Waals surface area (Å²) in [7, 11) is 0. The molecule has 1 fully saturated rings. The number of hydrogen-bond donors (Lipinski definition) is 0. The molecule has 0 saturated carbocycles. The molecule has 0 bridgehead atoms. The fourth-order valence-corrected chi connectivity index (χ4v) is 3.99. The Kier molecular flexibility index (Phi) is 6.51. The molecule has 1 saturated heterocycles. The molecule has 23 heavy (non-hydrogen) atoms. The van der Waals surface area contributed by atoms with Gasteiger partial charge in [0.1, 0.15) is 11.4 Å². The number of rotatable bonds is 6. The highest BCUT2D eigenvalue weighted by atomic mass is 32.2. The molecule has 1 amide bonds. The maximum absolute atomic E-state index is 12.6. The number of hydrogen-bond acceptors (Lipinski definition) is 4. The van der Waals surface area contributed by atoms with E-state index in [1.165, 1.54) is 0 Å². The van der Waals surface area contributed by atoms with Gasteiger partial charge in [-0.3, -0.25) is 4.79 Å². The number of benzene rings is 1. The molecule has 4 nitrogen and oxygen atoms in total. The molecule has 0 spiro atoms. The third-order valence-electron chi connectivity index (χ3n) is 3.67. The van der Waals surface area contributed by atoms with E-state index in [1.807, 2.05) is 51.1 Å². The van der Waals surface area contributed by atoms with Crippen molar-refractivity contribution in [2.75, 3.05) is 12.4 Å². The molecule has 1 aromatic rings.